The molecule has 2 aromatic rings. The van der Waals surface area contributed by atoms with Crippen molar-refractivity contribution in [1.82, 2.24) is 4.90 Å². The van der Waals surface area contributed by atoms with Crippen LogP contribution in [0.25, 0.3) is 0 Å². The Balaban J connectivity index is 1.42. The molecule has 2 heterocycles. The summed E-state index contributed by atoms with van der Waals surface area (Å²) in [6.45, 7) is -1.77. The highest BCUT2D eigenvalue weighted by molar-refractivity contribution is 5.99. The van der Waals surface area contributed by atoms with Crippen LogP contribution in [0, 0.1) is 5.92 Å². The largest absolute Gasteiger partial charge is 0.434 e. The Bertz CT molecular complexity index is 1060. The molecule has 7 nitrogen and oxygen atoms in total. The lowest BCUT2D eigenvalue weighted by molar-refractivity contribution is -0.121. The predicted molar refractivity (Wildman–Crippen MR) is 123 cm³/mol. The van der Waals surface area contributed by atoms with Crippen molar-refractivity contribution >= 4 is 29.1 Å². The molecule has 3 amide bonds. The third-order valence-corrected chi connectivity index (χ3v) is 6.16. The average molecular weight is 472 g/mol. The van der Waals surface area contributed by atoms with Gasteiger partial charge in [0.2, 0.25) is 11.8 Å². The summed E-state index contributed by atoms with van der Waals surface area (Å²) in [6.07, 6.45) is 3.58. The lowest BCUT2D eigenvalue weighted by Gasteiger charge is -2.32. The van der Waals surface area contributed by atoms with Gasteiger partial charge < -0.3 is 19.9 Å². The van der Waals surface area contributed by atoms with E-state index in [4.69, 9.17) is 0 Å². The summed E-state index contributed by atoms with van der Waals surface area (Å²) in [5.41, 5.74) is 1.38. The van der Waals surface area contributed by atoms with E-state index in [0.717, 1.165) is 18.5 Å². The summed E-state index contributed by atoms with van der Waals surface area (Å²) in [5.74, 6) is -1.22. The number of ether oxygens (including phenoxy) is 1. The second-order valence-corrected chi connectivity index (χ2v) is 8.51. The number of anilines is 2. The highest BCUT2D eigenvalue weighted by Gasteiger charge is 2.30. The number of benzene rings is 2. The van der Waals surface area contributed by atoms with Gasteiger partial charge in [0.15, 0.2) is 0 Å². The first kappa shape index (κ1) is 23.7. The first-order valence-electron chi connectivity index (χ1n) is 11.5. The zero-order valence-corrected chi connectivity index (χ0v) is 18.7. The number of piperidine rings is 2. The minimum absolute atomic E-state index is 0.0442. The summed E-state index contributed by atoms with van der Waals surface area (Å²) < 4.78 is 29.9. The quantitative estimate of drug-likeness (QED) is 0.682. The van der Waals surface area contributed by atoms with Gasteiger partial charge in [-0.2, -0.15) is 8.78 Å². The lowest BCUT2D eigenvalue weighted by Crippen LogP contribution is -2.44. The molecule has 0 aromatic heterocycles. The third kappa shape index (κ3) is 5.52. The maximum atomic E-state index is 13.0. The molecule has 4 rings (SSSR count). The van der Waals surface area contributed by atoms with Crippen molar-refractivity contribution in [2.75, 3.05) is 29.9 Å². The minimum Gasteiger partial charge on any atom is -0.434 e. The Labute approximate surface area is 196 Å². The fourth-order valence-corrected chi connectivity index (χ4v) is 4.46. The molecule has 0 bridgehead atoms. The monoisotopic (exact) mass is 471 g/mol. The fourth-order valence-electron chi connectivity index (χ4n) is 4.46. The van der Waals surface area contributed by atoms with Gasteiger partial charge in [-0.05, 0) is 56.0 Å². The van der Waals surface area contributed by atoms with E-state index in [0.29, 0.717) is 38.0 Å². The molecule has 0 aliphatic carbocycles. The number of hydrogen-bond donors (Lipinski definition) is 1. The van der Waals surface area contributed by atoms with Crippen molar-refractivity contribution in [1.29, 1.82) is 0 Å². The van der Waals surface area contributed by atoms with Crippen LogP contribution in [0.1, 0.15) is 42.5 Å². The molecule has 2 aliphatic rings. The Kier molecular flexibility index (Phi) is 7.40. The van der Waals surface area contributed by atoms with Gasteiger partial charge in [-0.1, -0.05) is 18.2 Å². The highest BCUT2D eigenvalue weighted by atomic mass is 19.3. The summed E-state index contributed by atoms with van der Waals surface area (Å²) in [6, 6.07) is 13.1. The molecular weight excluding hydrogens is 444 g/mol. The molecule has 2 saturated heterocycles. The number of alkyl halides is 2. The number of nitrogens with zero attached hydrogens (tertiary/aromatic N) is 2. The smallest absolute Gasteiger partial charge is 0.387 e. The molecule has 2 fully saturated rings. The van der Waals surface area contributed by atoms with Crippen LogP contribution in [0.3, 0.4) is 0 Å². The number of hydrogen-bond acceptors (Lipinski definition) is 4. The summed E-state index contributed by atoms with van der Waals surface area (Å²) in [7, 11) is 0. The zero-order valence-electron chi connectivity index (χ0n) is 18.7. The van der Waals surface area contributed by atoms with Crippen LogP contribution >= 0.6 is 0 Å². The number of rotatable bonds is 6. The van der Waals surface area contributed by atoms with Gasteiger partial charge in [0.05, 0.1) is 11.5 Å². The van der Waals surface area contributed by atoms with E-state index >= 15 is 0 Å². The number of likely N-dealkylation sites (tertiary alicyclic amines) is 1. The maximum absolute atomic E-state index is 13.0. The second-order valence-electron chi connectivity index (χ2n) is 8.51. The molecule has 0 spiro atoms. The number of para-hydroxylation sites is 1. The molecule has 180 valence electrons. The van der Waals surface area contributed by atoms with Gasteiger partial charge >= 0.3 is 6.61 Å². The van der Waals surface area contributed by atoms with E-state index in [1.165, 1.54) is 23.1 Å². The number of amides is 3. The Hall–Kier alpha value is -3.49. The highest BCUT2D eigenvalue weighted by Crippen LogP contribution is 2.27. The molecule has 9 heteroatoms. The van der Waals surface area contributed by atoms with Gasteiger partial charge in [-0.3, -0.25) is 14.4 Å². The third-order valence-electron chi connectivity index (χ3n) is 6.16. The lowest BCUT2D eigenvalue weighted by atomic mass is 9.96. The molecule has 0 radical (unpaired) electrons. The Morgan fingerprint density at radius 2 is 1.85 bits per heavy atom. The molecule has 0 saturated carbocycles. The number of carbonyl (C=O) groups excluding carboxylic acids is 3. The van der Waals surface area contributed by atoms with E-state index in [9.17, 15) is 23.2 Å². The van der Waals surface area contributed by atoms with Crippen LogP contribution in [0.15, 0.2) is 48.5 Å². The van der Waals surface area contributed by atoms with Crippen molar-refractivity contribution in [2.45, 2.75) is 38.7 Å². The first-order valence-corrected chi connectivity index (χ1v) is 11.5. The SMILES string of the molecule is O=C(Nc1cccc(N2CCCCC2=O)c1)C1CCCN(C(=O)c2ccccc2OC(F)F)C1. The van der Waals surface area contributed by atoms with E-state index in [1.54, 1.807) is 29.2 Å². The number of halogens is 2. The minimum atomic E-state index is -3.04. The van der Waals surface area contributed by atoms with Crippen LogP contribution in [0.2, 0.25) is 0 Å². The number of carbonyl (C=O) groups is 3. The molecule has 34 heavy (non-hydrogen) atoms. The van der Waals surface area contributed by atoms with Crippen LogP contribution in [-0.2, 0) is 9.59 Å². The van der Waals surface area contributed by atoms with Gasteiger partial charge in [0.1, 0.15) is 5.75 Å². The Morgan fingerprint density at radius 1 is 1.03 bits per heavy atom. The Morgan fingerprint density at radius 3 is 2.65 bits per heavy atom. The molecule has 1 atom stereocenters. The van der Waals surface area contributed by atoms with Gasteiger partial charge in [0.25, 0.3) is 5.91 Å². The summed E-state index contributed by atoms with van der Waals surface area (Å²) >= 11 is 0. The van der Waals surface area contributed by atoms with Crippen molar-refractivity contribution < 1.29 is 27.9 Å². The molecule has 1 N–H and O–H groups in total. The number of nitrogens with one attached hydrogen (secondary N) is 1. The van der Waals surface area contributed by atoms with E-state index in [-0.39, 0.29) is 29.7 Å². The topological polar surface area (TPSA) is 79.0 Å². The van der Waals surface area contributed by atoms with E-state index in [2.05, 4.69) is 10.1 Å². The van der Waals surface area contributed by atoms with E-state index in [1.807, 2.05) is 6.07 Å². The van der Waals surface area contributed by atoms with Crippen LogP contribution in [0.5, 0.6) is 5.75 Å². The van der Waals surface area contributed by atoms with E-state index < -0.39 is 18.4 Å². The van der Waals surface area contributed by atoms with Gasteiger partial charge in [0, 0.05) is 37.4 Å². The van der Waals surface area contributed by atoms with Crippen molar-refractivity contribution in [3.8, 4) is 5.75 Å². The fraction of sp³-hybridized carbons (Fsp3) is 0.400. The molecular formula is C25H27F2N3O4. The van der Waals surface area contributed by atoms with Crippen LogP contribution in [-0.4, -0.2) is 48.9 Å². The van der Waals surface area contributed by atoms with Crippen LogP contribution < -0.4 is 15.0 Å². The van der Waals surface area contributed by atoms with Gasteiger partial charge in [-0.15, -0.1) is 0 Å². The summed E-state index contributed by atoms with van der Waals surface area (Å²) in [5, 5.41) is 2.90. The van der Waals surface area contributed by atoms with Crippen molar-refractivity contribution in [2.24, 2.45) is 5.92 Å². The average Bonchev–Trinajstić information content (AvgIpc) is 2.84. The second kappa shape index (κ2) is 10.6. The molecule has 2 aliphatic heterocycles. The van der Waals surface area contributed by atoms with Crippen molar-refractivity contribution in [3.63, 3.8) is 0 Å². The summed E-state index contributed by atoms with van der Waals surface area (Å²) in [4.78, 5) is 41.5. The first-order chi connectivity index (χ1) is 16.4. The van der Waals surface area contributed by atoms with Crippen molar-refractivity contribution in [3.05, 3.63) is 54.1 Å². The van der Waals surface area contributed by atoms with Gasteiger partial charge in [-0.25, -0.2) is 0 Å². The molecule has 2 aromatic carbocycles. The zero-order chi connectivity index (χ0) is 24.1. The predicted octanol–water partition coefficient (Wildman–Crippen LogP) is 4.30. The molecule has 1 unspecified atom stereocenters. The maximum Gasteiger partial charge on any atom is 0.387 e. The van der Waals surface area contributed by atoms with Crippen LogP contribution in [0.4, 0.5) is 20.2 Å². The normalized spacial score (nSPS) is 18.7. The standard InChI is InChI=1S/C25H27F2N3O4/c26-25(27)34-21-11-2-1-10-20(21)24(33)29-13-6-7-17(16-29)23(32)28-18-8-5-9-19(15-18)30-14-4-3-12-22(30)31/h1-2,5,8-11,15,17,25H,3-4,6-7,12-14,16H2,(H,28,32).